The maximum atomic E-state index is 5.57. The number of rotatable bonds is 7. The number of pyridine rings is 1. The molecule has 5 heteroatoms. The van der Waals surface area contributed by atoms with Gasteiger partial charge in [-0.3, -0.25) is 0 Å². The van der Waals surface area contributed by atoms with E-state index in [1.807, 2.05) is 25.1 Å². The summed E-state index contributed by atoms with van der Waals surface area (Å²) in [6, 6.07) is 5.69. The van der Waals surface area contributed by atoms with Crippen LogP contribution in [0.25, 0.3) is 0 Å². The van der Waals surface area contributed by atoms with E-state index in [2.05, 4.69) is 16.8 Å². The third-order valence-corrected chi connectivity index (χ3v) is 2.61. The molecule has 0 aliphatic heterocycles. The van der Waals surface area contributed by atoms with Crippen LogP contribution in [0.15, 0.2) is 18.2 Å². The van der Waals surface area contributed by atoms with Crippen LogP contribution >= 0.6 is 12.2 Å². The second-order valence-corrected chi connectivity index (χ2v) is 3.96. The van der Waals surface area contributed by atoms with Crippen molar-refractivity contribution in [2.75, 3.05) is 31.2 Å². The molecular formula is C12H19N3OS. The summed E-state index contributed by atoms with van der Waals surface area (Å²) in [7, 11) is 0. The predicted molar refractivity (Wildman–Crippen MR) is 74.5 cm³/mol. The lowest BCUT2D eigenvalue weighted by molar-refractivity contribution is 0.154. The van der Waals surface area contributed by atoms with Crippen molar-refractivity contribution in [2.24, 2.45) is 5.73 Å². The number of likely N-dealkylation sites (N-methyl/N-ethyl adjacent to an activating group) is 1. The first kappa shape index (κ1) is 13.9. The molecule has 1 aromatic rings. The first-order valence-electron chi connectivity index (χ1n) is 5.78. The average molecular weight is 253 g/mol. The third kappa shape index (κ3) is 4.28. The highest BCUT2D eigenvalue weighted by molar-refractivity contribution is 7.80. The monoisotopic (exact) mass is 253 g/mol. The van der Waals surface area contributed by atoms with E-state index in [0.717, 1.165) is 25.5 Å². The number of thiocarbonyl (C=S) groups is 1. The number of hydrogen-bond donors (Lipinski definition) is 1. The molecule has 94 valence electrons. The third-order valence-electron chi connectivity index (χ3n) is 2.40. The van der Waals surface area contributed by atoms with Gasteiger partial charge >= 0.3 is 0 Å². The zero-order valence-corrected chi connectivity index (χ0v) is 11.2. The first-order chi connectivity index (χ1) is 8.19. The van der Waals surface area contributed by atoms with Gasteiger partial charge < -0.3 is 15.4 Å². The molecule has 0 aliphatic rings. The Bertz CT molecular complexity index is 371. The summed E-state index contributed by atoms with van der Waals surface area (Å²) in [4.78, 5) is 6.89. The summed E-state index contributed by atoms with van der Waals surface area (Å²) in [6.45, 7) is 7.20. The van der Waals surface area contributed by atoms with Crippen LogP contribution in [0.5, 0.6) is 0 Å². The smallest absolute Gasteiger partial charge is 0.129 e. The van der Waals surface area contributed by atoms with Gasteiger partial charge in [0.05, 0.1) is 12.3 Å². The molecular weight excluding hydrogens is 234 g/mol. The van der Waals surface area contributed by atoms with Gasteiger partial charge in [0.25, 0.3) is 0 Å². The van der Waals surface area contributed by atoms with E-state index in [0.29, 0.717) is 17.3 Å². The van der Waals surface area contributed by atoms with E-state index in [1.54, 1.807) is 0 Å². The van der Waals surface area contributed by atoms with Gasteiger partial charge in [-0.1, -0.05) is 18.3 Å². The van der Waals surface area contributed by atoms with Crippen LogP contribution < -0.4 is 10.6 Å². The molecule has 1 rings (SSSR count). The number of aromatic nitrogens is 1. The van der Waals surface area contributed by atoms with Crippen molar-refractivity contribution in [3.8, 4) is 0 Å². The molecule has 0 amide bonds. The molecule has 0 fully saturated rings. The Morgan fingerprint density at radius 1 is 1.47 bits per heavy atom. The van der Waals surface area contributed by atoms with Crippen molar-refractivity contribution in [1.29, 1.82) is 0 Å². The topological polar surface area (TPSA) is 51.4 Å². The lowest BCUT2D eigenvalue weighted by Crippen LogP contribution is -2.28. The second-order valence-electron chi connectivity index (χ2n) is 3.52. The molecule has 1 aromatic heterocycles. The van der Waals surface area contributed by atoms with Crippen molar-refractivity contribution in [2.45, 2.75) is 13.8 Å². The standard InChI is InChI=1S/C12H19N3OS/c1-3-15(8-9-16-4-2)11-7-5-6-10(14-11)12(13)17/h5-7H,3-4,8-9H2,1-2H3,(H2,13,17). The van der Waals surface area contributed by atoms with E-state index in [1.165, 1.54) is 0 Å². The van der Waals surface area contributed by atoms with E-state index in [9.17, 15) is 0 Å². The van der Waals surface area contributed by atoms with Gasteiger partial charge in [-0.2, -0.15) is 0 Å². The highest BCUT2D eigenvalue weighted by Crippen LogP contribution is 2.11. The fourth-order valence-corrected chi connectivity index (χ4v) is 1.60. The fourth-order valence-electron chi connectivity index (χ4n) is 1.49. The Balaban J connectivity index is 2.73. The lowest BCUT2D eigenvalue weighted by Gasteiger charge is -2.22. The molecule has 0 saturated carbocycles. The molecule has 2 N–H and O–H groups in total. The molecule has 0 saturated heterocycles. The molecule has 0 atom stereocenters. The second kappa shape index (κ2) is 7.19. The maximum Gasteiger partial charge on any atom is 0.129 e. The zero-order chi connectivity index (χ0) is 12.7. The van der Waals surface area contributed by atoms with E-state index in [4.69, 9.17) is 22.7 Å². The maximum absolute atomic E-state index is 5.57. The minimum Gasteiger partial charge on any atom is -0.388 e. The van der Waals surface area contributed by atoms with E-state index < -0.39 is 0 Å². The number of nitrogens with zero attached hydrogens (tertiary/aromatic N) is 2. The quantitative estimate of drug-likeness (QED) is 0.590. The van der Waals surface area contributed by atoms with Crippen LogP contribution in [-0.4, -0.2) is 36.3 Å². The molecule has 0 aromatic carbocycles. The molecule has 17 heavy (non-hydrogen) atoms. The van der Waals surface area contributed by atoms with Crippen LogP contribution in [-0.2, 0) is 4.74 Å². The number of hydrogen-bond acceptors (Lipinski definition) is 4. The van der Waals surface area contributed by atoms with Crippen molar-refractivity contribution >= 4 is 23.0 Å². The SMILES string of the molecule is CCOCCN(CC)c1cccc(C(N)=S)n1. The van der Waals surface area contributed by atoms with E-state index >= 15 is 0 Å². The van der Waals surface area contributed by atoms with Crippen molar-refractivity contribution in [1.82, 2.24) is 4.98 Å². The molecule has 4 nitrogen and oxygen atoms in total. The molecule has 0 bridgehead atoms. The van der Waals surface area contributed by atoms with Crippen LogP contribution in [0, 0.1) is 0 Å². The summed E-state index contributed by atoms with van der Waals surface area (Å²) < 4.78 is 5.35. The number of nitrogens with two attached hydrogens (primary N) is 1. The van der Waals surface area contributed by atoms with Crippen LogP contribution in [0.2, 0.25) is 0 Å². The summed E-state index contributed by atoms with van der Waals surface area (Å²) in [5.74, 6) is 0.887. The summed E-state index contributed by atoms with van der Waals surface area (Å²) in [5, 5.41) is 0. The van der Waals surface area contributed by atoms with Gasteiger partial charge in [-0.25, -0.2) is 4.98 Å². The summed E-state index contributed by atoms with van der Waals surface area (Å²) >= 11 is 4.92. The summed E-state index contributed by atoms with van der Waals surface area (Å²) in [6.07, 6.45) is 0. The lowest BCUT2D eigenvalue weighted by atomic mass is 10.3. The van der Waals surface area contributed by atoms with Crippen molar-refractivity contribution in [3.63, 3.8) is 0 Å². The van der Waals surface area contributed by atoms with Gasteiger partial charge in [0.2, 0.25) is 0 Å². The highest BCUT2D eigenvalue weighted by atomic mass is 32.1. The van der Waals surface area contributed by atoms with Crippen molar-refractivity contribution < 1.29 is 4.74 Å². The van der Waals surface area contributed by atoms with Gasteiger partial charge in [-0.15, -0.1) is 0 Å². The van der Waals surface area contributed by atoms with Gasteiger partial charge in [0, 0.05) is 19.7 Å². The normalized spacial score (nSPS) is 10.2. The molecule has 0 radical (unpaired) electrons. The largest absolute Gasteiger partial charge is 0.388 e. The predicted octanol–water partition coefficient (Wildman–Crippen LogP) is 1.58. The molecule has 0 unspecified atom stereocenters. The molecule has 1 heterocycles. The van der Waals surface area contributed by atoms with Crippen molar-refractivity contribution in [3.05, 3.63) is 23.9 Å². The Morgan fingerprint density at radius 2 is 2.24 bits per heavy atom. The average Bonchev–Trinajstić information content (AvgIpc) is 2.35. The van der Waals surface area contributed by atoms with Gasteiger partial charge in [-0.05, 0) is 26.0 Å². The van der Waals surface area contributed by atoms with Crippen LogP contribution in [0.1, 0.15) is 19.5 Å². The highest BCUT2D eigenvalue weighted by Gasteiger charge is 2.07. The Morgan fingerprint density at radius 3 is 2.82 bits per heavy atom. The van der Waals surface area contributed by atoms with Gasteiger partial charge in [0.15, 0.2) is 0 Å². The van der Waals surface area contributed by atoms with Gasteiger partial charge in [0.1, 0.15) is 10.8 Å². The Labute approximate surface area is 108 Å². The molecule has 0 spiro atoms. The minimum atomic E-state index is 0.327. The van der Waals surface area contributed by atoms with Crippen LogP contribution in [0.3, 0.4) is 0 Å². The number of anilines is 1. The fraction of sp³-hybridized carbons (Fsp3) is 0.500. The first-order valence-corrected chi connectivity index (χ1v) is 6.19. The Hall–Kier alpha value is -1.20. The minimum absolute atomic E-state index is 0.327. The molecule has 0 aliphatic carbocycles. The summed E-state index contributed by atoms with van der Waals surface area (Å²) in [5.41, 5.74) is 6.23. The van der Waals surface area contributed by atoms with E-state index in [-0.39, 0.29) is 0 Å². The number of ether oxygens (including phenoxy) is 1. The zero-order valence-electron chi connectivity index (χ0n) is 10.3. The van der Waals surface area contributed by atoms with Crippen LogP contribution in [0.4, 0.5) is 5.82 Å². The Kier molecular flexibility index (Phi) is 5.86.